The lowest BCUT2D eigenvalue weighted by molar-refractivity contribution is -0.140. The first-order chi connectivity index (χ1) is 15.0. The Kier molecular flexibility index (Phi) is 9.09. The number of rotatable bonds is 10. The summed E-state index contributed by atoms with van der Waals surface area (Å²) in [6.07, 6.45) is 1.41. The van der Waals surface area contributed by atoms with Gasteiger partial charge in [0.05, 0.1) is 11.9 Å². The molecule has 0 radical (unpaired) electrons. The van der Waals surface area contributed by atoms with Crippen molar-refractivity contribution in [2.75, 3.05) is 17.1 Å². The molecule has 0 aliphatic rings. The summed E-state index contributed by atoms with van der Waals surface area (Å²) >= 11 is 6.31. The first kappa shape index (κ1) is 25.7. The molecular formula is C23H30ClN3O4S. The molecule has 0 heterocycles. The lowest BCUT2D eigenvalue weighted by Gasteiger charge is -2.33. The normalized spacial score (nSPS) is 12.3. The Bertz CT molecular complexity index is 1030. The van der Waals surface area contributed by atoms with Gasteiger partial charge in [0, 0.05) is 17.6 Å². The van der Waals surface area contributed by atoms with Crippen LogP contribution in [-0.2, 0) is 26.2 Å². The van der Waals surface area contributed by atoms with Crippen LogP contribution in [0.5, 0.6) is 0 Å². The van der Waals surface area contributed by atoms with E-state index in [1.165, 1.54) is 4.90 Å². The summed E-state index contributed by atoms with van der Waals surface area (Å²) in [5, 5.41) is 3.31. The second kappa shape index (κ2) is 11.3. The van der Waals surface area contributed by atoms with Gasteiger partial charge in [0.2, 0.25) is 21.8 Å². The maximum atomic E-state index is 13.5. The molecule has 0 saturated carbocycles. The van der Waals surface area contributed by atoms with E-state index in [-0.39, 0.29) is 18.5 Å². The highest BCUT2D eigenvalue weighted by molar-refractivity contribution is 7.92. The molecule has 1 atom stereocenters. The highest BCUT2D eigenvalue weighted by Gasteiger charge is 2.32. The molecule has 1 N–H and O–H groups in total. The average molecular weight is 480 g/mol. The van der Waals surface area contributed by atoms with Crippen LogP contribution in [0.4, 0.5) is 5.69 Å². The predicted molar refractivity (Wildman–Crippen MR) is 128 cm³/mol. The van der Waals surface area contributed by atoms with Crippen molar-refractivity contribution in [3.8, 4) is 0 Å². The van der Waals surface area contributed by atoms with Gasteiger partial charge in [-0.3, -0.25) is 13.9 Å². The Labute approximate surface area is 195 Å². The molecule has 2 aromatic rings. The van der Waals surface area contributed by atoms with E-state index in [9.17, 15) is 18.0 Å². The summed E-state index contributed by atoms with van der Waals surface area (Å²) in [6, 6.07) is 14.6. The van der Waals surface area contributed by atoms with Gasteiger partial charge in [0.1, 0.15) is 12.6 Å². The molecule has 0 spiro atoms. The highest BCUT2D eigenvalue weighted by Crippen LogP contribution is 2.22. The van der Waals surface area contributed by atoms with Crippen molar-refractivity contribution < 1.29 is 18.0 Å². The van der Waals surface area contributed by atoms with E-state index in [1.807, 2.05) is 20.8 Å². The monoisotopic (exact) mass is 479 g/mol. The smallest absolute Gasteiger partial charge is 0.244 e. The van der Waals surface area contributed by atoms with Gasteiger partial charge in [-0.05, 0) is 44.0 Å². The van der Waals surface area contributed by atoms with Gasteiger partial charge in [0.25, 0.3) is 0 Å². The van der Waals surface area contributed by atoms with E-state index in [1.54, 1.807) is 54.6 Å². The maximum Gasteiger partial charge on any atom is 0.244 e. The lowest BCUT2D eigenvalue weighted by atomic mass is 10.1. The van der Waals surface area contributed by atoms with Crippen molar-refractivity contribution in [3.05, 3.63) is 65.2 Å². The first-order valence-electron chi connectivity index (χ1n) is 10.4. The number of halogens is 1. The van der Waals surface area contributed by atoms with E-state index in [0.29, 0.717) is 22.7 Å². The number of benzene rings is 2. The van der Waals surface area contributed by atoms with E-state index in [2.05, 4.69) is 5.32 Å². The molecule has 2 amide bonds. The van der Waals surface area contributed by atoms with E-state index in [4.69, 9.17) is 11.6 Å². The zero-order valence-corrected chi connectivity index (χ0v) is 20.4. The molecule has 0 fully saturated rings. The highest BCUT2D eigenvalue weighted by atomic mass is 35.5. The van der Waals surface area contributed by atoms with Gasteiger partial charge in [0.15, 0.2) is 0 Å². The standard InChI is InChI=1S/C23H30ClN3O4S/c1-5-21(23(29)25-17(2)3)26(15-18-11-9-10-14-20(18)24)22(28)16-27(32(4,30)31)19-12-7-6-8-13-19/h6-14,17,21H,5,15-16H2,1-4H3,(H,25,29)/t21-/m0/s1. The number of hydrogen-bond acceptors (Lipinski definition) is 4. The molecule has 32 heavy (non-hydrogen) atoms. The third kappa shape index (κ3) is 6.97. The Morgan fingerprint density at radius 3 is 2.16 bits per heavy atom. The van der Waals surface area contributed by atoms with Crippen molar-refractivity contribution in [1.82, 2.24) is 10.2 Å². The quantitative estimate of drug-likeness (QED) is 0.565. The van der Waals surface area contributed by atoms with Crippen molar-refractivity contribution in [2.24, 2.45) is 0 Å². The zero-order valence-electron chi connectivity index (χ0n) is 18.8. The molecule has 0 bridgehead atoms. The summed E-state index contributed by atoms with van der Waals surface area (Å²) in [5.41, 5.74) is 1.05. The van der Waals surface area contributed by atoms with Crippen molar-refractivity contribution in [2.45, 2.75) is 45.8 Å². The molecule has 174 valence electrons. The van der Waals surface area contributed by atoms with Crippen LogP contribution in [0.1, 0.15) is 32.8 Å². The number of sulfonamides is 1. The number of anilines is 1. The van der Waals surface area contributed by atoms with Crippen LogP contribution in [0.15, 0.2) is 54.6 Å². The SMILES string of the molecule is CC[C@@H](C(=O)NC(C)C)N(Cc1ccccc1Cl)C(=O)CN(c1ccccc1)S(C)(=O)=O. The molecule has 0 unspecified atom stereocenters. The van der Waals surface area contributed by atoms with Gasteiger partial charge in [-0.2, -0.15) is 0 Å². The van der Waals surface area contributed by atoms with Crippen LogP contribution in [0.2, 0.25) is 5.02 Å². The Hall–Kier alpha value is -2.58. The van der Waals surface area contributed by atoms with Crippen LogP contribution in [0.25, 0.3) is 0 Å². The number of hydrogen-bond donors (Lipinski definition) is 1. The predicted octanol–water partition coefficient (Wildman–Crippen LogP) is 3.44. The number of nitrogens with one attached hydrogen (secondary N) is 1. The minimum Gasteiger partial charge on any atom is -0.352 e. The van der Waals surface area contributed by atoms with Crippen molar-refractivity contribution >= 4 is 39.1 Å². The maximum absolute atomic E-state index is 13.5. The molecule has 0 aromatic heterocycles. The summed E-state index contributed by atoms with van der Waals surface area (Å²) in [6.45, 7) is 5.13. The van der Waals surface area contributed by atoms with E-state index in [0.717, 1.165) is 10.6 Å². The molecule has 2 aromatic carbocycles. The number of carbonyl (C=O) groups excluding carboxylic acids is 2. The average Bonchev–Trinajstić information content (AvgIpc) is 2.72. The Balaban J connectivity index is 2.43. The van der Waals surface area contributed by atoms with Gasteiger partial charge >= 0.3 is 0 Å². The molecule has 0 aliphatic carbocycles. The van der Waals surface area contributed by atoms with Crippen LogP contribution in [0, 0.1) is 0 Å². The van der Waals surface area contributed by atoms with E-state index < -0.39 is 28.5 Å². The molecule has 0 aliphatic heterocycles. The minimum atomic E-state index is -3.74. The first-order valence-corrected chi connectivity index (χ1v) is 12.6. The van der Waals surface area contributed by atoms with Crippen LogP contribution in [0.3, 0.4) is 0 Å². The van der Waals surface area contributed by atoms with Gasteiger partial charge in [-0.15, -0.1) is 0 Å². The van der Waals surface area contributed by atoms with Crippen LogP contribution in [-0.4, -0.2) is 50.0 Å². The zero-order chi connectivity index (χ0) is 23.9. The molecule has 2 rings (SSSR count). The number of carbonyl (C=O) groups is 2. The summed E-state index contributed by atoms with van der Waals surface area (Å²) in [5.74, 6) is -0.793. The molecule has 7 nitrogen and oxygen atoms in total. The second-order valence-electron chi connectivity index (χ2n) is 7.81. The molecule has 0 saturated heterocycles. The Morgan fingerprint density at radius 2 is 1.62 bits per heavy atom. The van der Waals surface area contributed by atoms with Crippen molar-refractivity contribution in [1.29, 1.82) is 0 Å². The summed E-state index contributed by atoms with van der Waals surface area (Å²) in [4.78, 5) is 27.8. The Morgan fingerprint density at radius 1 is 1.03 bits per heavy atom. The number of para-hydroxylation sites is 1. The minimum absolute atomic E-state index is 0.0783. The van der Waals surface area contributed by atoms with Gasteiger partial charge in [-0.1, -0.05) is 54.9 Å². The van der Waals surface area contributed by atoms with Gasteiger partial charge in [-0.25, -0.2) is 8.42 Å². The lowest BCUT2D eigenvalue weighted by Crippen LogP contribution is -2.53. The third-order valence-electron chi connectivity index (χ3n) is 4.84. The number of amides is 2. The third-order valence-corrected chi connectivity index (χ3v) is 6.35. The fourth-order valence-corrected chi connectivity index (χ4v) is 4.36. The molecular weight excluding hydrogens is 450 g/mol. The molecule has 9 heteroatoms. The topological polar surface area (TPSA) is 86.8 Å². The largest absolute Gasteiger partial charge is 0.352 e. The second-order valence-corrected chi connectivity index (χ2v) is 10.1. The summed E-state index contributed by atoms with van der Waals surface area (Å²) in [7, 11) is -3.74. The van der Waals surface area contributed by atoms with Crippen LogP contribution >= 0.6 is 11.6 Å². The fourth-order valence-electron chi connectivity index (χ4n) is 3.32. The summed E-state index contributed by atoms with van der Waals surface area (Å²) < 4.78 is 26.0. The fraction of sp³-hybridized carbons (Fsp3) is 0.391. The van der Waals surface area contributed by atoms with E-state index >= 15 is 0 Å². The van der Waals surface area contributed by atoms with Gasteiger partial charge < -0.3 is 10.2 Å². The number of nitrogens with zero attached hydrogens (tertiary/aromatic N) is 2. The van der Waals surface area contributed by atoms with Crippen LogP contribution < -0.4 is 9.62 Å². The van der Waals surface area contributed by atoms with Crippen molar-refractivity contribution in [3.63, 3.8) is 0 Å².